The molecule has 2 saturated heterocycles. The monoisotopic (exact) mass is 383 g/mol. The lowest BCUT2D eigenvalue weighted by molar-refractivity contribution is -0.143. The first-order valence-corrected chi connectivity index (χ1v) is 9.38. The van der Waals surface area contributed by atoms with E-state index < -0.39 is 5.60 Å². The maximum Gasteiger partial charge on any atom is 0.255 e. The number of morpholine rings is 1. The van der Waals surface area contributed by atoms with E-state index in [9.17, 15) is 14.0 Å². The van der Waals surface area contributed by atoms with E-state index in [1.54, 1.807) is 35.4 Å². The Morgan fingerprint density at radius 3 is 2.71 bits per heavy atom. The maximum atomic E-state index is 13.6. The molecule has 2 aliphatic rings. The molecule has 0 aliphatic carbocycles. The zero-order valence-corrected chi connectivity index (χ0v) is 15.7. The van der Waals surface area contributed by atoms with Crippen LogP contribution in [0.3, 0.4) is 0 Å². The molecule has 0 N–H and O–H groups in total. The van der Waals surface area contributed by atoms with Crippen LogP contribution in [-0.2, 0) is 9.53 Å². The van der Waals surface area contributed by atoms with E-state index in [1.165, 1.54) is 12.1 Å². The molecule has 2 aliphatic heterocycles. The van der Waals surface area contributed by atoms with Crippen LogP contribution in [0.5, 0.6) is 0 Å². The predicted molar refractivity (Wildman–Crippen MR) is 102 cm³/mol. The van der Waals surface area contributed by atoms with Gasteiger partial charge >= 0.3 is 0 Å². The number of hydrogen-bond donors (Lipinski definition) is 0. The molecule has 1 aromatic heterocycles. The van der Waals surface area contributed by atoms with Crippen molar-refractivity contribution in [1.29, 1.82) is 0 Å². The molecule has 7 heteroatoms. The number of pyridine rings is 1. The Balaban J connectivity index is 1.47. The Labute approximate surface area is 162 Å². The average molecular weight is 383 g/mol. The summed E-state index contributed by atoms with van der Waals surface area (Å²) < 4.78 is 19.5. The zero-order valence-electron chi connectivity index (χ0n) is 15.7. The van der Waals surface area contributed by atoms with Crippen molar-refractivity contribution in [2.24, 2.45) is 0 Å². The molecule has 0 atom stereocenters. The van der Waals surface area contributed by atoms with Gasteiger partial charge in [0.1, 0.15) is 12.4 Å². The van der Waals surface area contributed by atoms with Crippen LogP contribution in [0.2, 0.25) is 0 Å². The lowest BCUT2D eigenvalue weighted by atomic mass is 9.88. The van der Waals surface area contributed by atoms with Crippen LogP contribution >= 0.6 is 0 Å². The van der Waals surface area contributed by atoms with E-state index in [2.05, 4.69) is 4.98 Å². The number of ether oxygens (including phenoxy) is 1. The minimum Gasteiger partial charge on any atom is -0.363 e. The number of amides is 2. The van der Waals surface area contributed by atoms with Crippen LogP contribution < -0.4 is 4.90 Å². The van der Waals surface area contributed by atoms with Gasteiger partial charge in [-0.05, 0) is 50.1 Å². The number of aromatic nitrogens is 1. The van der Waals surface area contributed by atoms with Gasteiger partial charge < -0.3 is 14.5 Å². The van der Waals surface area contributed by atoms with Gasteiger partial charge in [-0.2, -0.15) is 0 Å². The van der Waals surface area contributed by atoms with Crippen molar-refractivity contribution in [3.8, 4) is 0 Å². The van der Waals surface area contributed by atoms with Gasteiger partial charge in [0.2, 0.25) is 0 Å². The van der Waals surface area contributed by atoms with Crippen LogP contribution in [-0.4, -0.2) is 53.5 Å². The van der Waals surface area contributed by atoms with E-state index >= 15 is 0 Å². The Kier molecular flexibility index (Phi) is 4.85. The second-order valence-electron chi connectivity index (χ2n) is 7.36. The van der Waals surface area contributed by atoms with Crippen molar-refractivity contribution in [3.63, 3.8) is 0 Å². The maximum absolute atomic E-state index is 13.6. The van der Waals surface area contributed by atoms with Crippen LogP contribution in [0.25, 0.3) is 0 Å². The molecule has 4 rings (SSSR count). The fourth-order valence-electron chi connectivity index (χ4n) is 3.89. The first-order valence-electron chi connectivity index (χ1n) is 9.38. The fourth-order valence-corrected chi connectivity index (χ4v) is 3.89. The van der Waals surface area contributed by atoms with Crippen molar-refractivity contribution < 1.29 is 18.7 Å². The largest absolute Gasteiger partial charge is 0.363 e. The normalized spacial score (nSPS) is 19.1. The topological polar surface area (TPSA) is 62.7 Å². The third-order valence-electron chi connectivity index (χ3n) is 5.57. The molecule has 2 amide bonds. The Hall–Kier alpha value is -2.80. The number of anilines is 1. The van der Waals surface area contributed by atoms with E-state index in [0.29, 0.717) is 49.4 Å². The number of halogens is 1. The molecule has 0 radical (unpaired) electrons. The number of rotatable bonds is 2. The number of carbonyl (C=O) groups excluding carboxylic acids is 2. The molecule has 0 bridgehead atoms. The van der Waals surface area contributed by atoms with Gasteiger partial charge in [0.25, 0.3) is 11.8 Å². The molecule has 2 aromatic rings. The summed E-state index contributed by atoms with van der Waals surface area (Å²) in [6.45, 7) is 3.23. The van der Waals surface area contributed by atoms with Gasteiger partial charge in [-0.3, -0.25) is 14.6 Å². The summed E-state index contributed by atoms with van der Waals surface area (Å²) in [4.78, 5) is 32.7. The van der Waals surface area contributed by atoms with Gasteiger partial charge in [0, 0.05) is 30.7 Å². The van der Waals surface area contributed by atoms with Crippen molar-refractivity contribution in [1.82, 2.24) is 9.88 Å². The first kappa shape index (κ1) is 18.6. The molecule has 6 nitrogen and oxygen atoms in total. The molecule has 0 saturated carbocycles. The second kappa shape index (κ2) is 7.31. The third-order valence-corrected chi connectivity index (χ3v) is 5.57. The number of nitrogens with zero attached hydrogens (tertiary/aromatic N) is 3. The van der Waals surface area contributed by atoms with Gasteiger partial charge in [0.15, 0.2) is 0 Å². The molecule has 1 aromatic carbocycles. The summed E-state index contributed by atoms with van der Waals surface area (Å²) >= 11 is 0. The van der Waals surface area contributed by atoms with Crippen LogP contribution in [0.1, 0.15) is 28.9 Å². The van der Waals surface area contributed by atoms with Crippen molar-refractivity contribution in [2.45, 2.75) is 25.4 Å². The molecule has 2 fully saturated rings. The van der Waals surface area contributed by atoms with Gasteiger partial charge in [-0.1, -0.05) is 6.07 Å². The highest BCUT2D eigenvalue weighted by Crippen LogP contribution is 2.33. The smallest absolute Gasteiger partial charge is 0.255 e. The standard InChI is InChI=1S/C21H22FN3O3/c1-15-18(6-3-9-23-15)20(27)24-10-7-21(8-11-24)14-25(19(26)13-28-21)17-5-2-4-16(22)12-17/h2-6,9,12H,7-8,10-11,13-14H2,1H3. The highest BCUT2D eigenvalue weighted by Gasteiger charge is 2.43. The molecular weight excluding hydrogens is 361 g/mol. The fraction of sp³-hybridized carbons (Fsp3) is 0.381. The minimum atomic E-state index is -0.513. The average Bonchev–Trinajstić information content (AvgIpc) is 2.70. The lowest BCUT2D eigenvalue weighted by Crippen LogP contribution is -2.59. The minimum absolute atomic E-state index is 0.0330. The summed E-state index contributed by atoms with van der Waals surface area (Å²) in [7, 11) is 0. The van der Waals surface area contributed by atoms with Crippen molar-refractivity contribution in [2.75, 3.05) is 31.1 Å². The number of likely N-dealkylation sites (tertiary alicyclic amines) is 1. The highest BCUT2D eigenvalue weighted by molar-refractivity contribution is 5.96. The summed E-state index contributed by atoms with van der Waals surface area (Å²) in [5.41, 5.74) is 1.35. The summed E-state index contributed by atoms with van der Waals surface area (Å²) in [6.07, 6.45) is 2.92. The number of benzene rings is 1. The molecule has 146 valence electrons. The van der Waals surface area contributed by atoms with Crippen LogP contribution in [0, 0.1) is 12.7 Å². The molecule has 28 heavy (non-hydrogen) atoms. The quantitative estimate of drug-likeness (QED) is 0.800. The molecular formula is C21H22FN3O3. The zero-order chi connectivity index (χ0) is 19.7. The predicted octanol–water partition coefficient (Wildman–Crippen LogP) is 2.57. The van der Waals surface area contributed by atoms with Crippen LogP contribution in [0.15, 0.2) is 42.6 Å². The number of aryl methyl sites for hydroxylation is 1. The van der Waals surface area contributed by atoms with Crippen molar-refractivity contribution >= 4 is 17.5 Å². The molecule has 3 heterocycles. The number of carbonyl (C=O) groups is 2. The Morgan fingerprint density at radius 2 is 2.00 bits per heavy atom. The second-order valence-corrected chi connectivity index (χ2v) is 7.36. The number of hydrogen-bond acceptors (Lipinski definition) is 4. The highest BCUT2D eigenvalue weighted by atomic mass is 19.1. The van der Waals surface area contributed by atoms with Crippen molar-refractivity contribution in [3.05, 3.63) is 59.7 Å². The summed E-state index contributed by atoms with van der Waals surface area (Å²) in [5, 5.41) is 0. The van der Waals surface area contributed by atoms with E-state index in [-0.39, 0.29) is 24.2 Å². The Bertz CT molecular complexity index is 909. The van der Waals surface area contributed by atoms with E-state index in [4.69, 9.17) is 4.74 Å². The van der Waals surface area contributed by atoms with Gasteiger partial charge in [0.05, 0.1) is 17.7 Å². The Morgan fingerprint density at radius 1 is 1.21 bits per heavy atom. The summed E-state index contributed by atoms with van der Waals surface area (Å²) in [6, 6.07) is 9.59. The van der Waals surface area contributed by atoms with Gasteiger partial charge in [-0.25, -0.2) is 4.39 Å². The first-order chi connectivity index (χ1) is 13.5. The molecule has 0 unspecified atom stereocenters. The van der Waals surface area contributed by atoms with E-state index in [1.807, 2.05) is 11.8 Å². The third kappa shape index (κ3) is 3.49. The van der Waals surface area contributed by atoms with E-state index in [0.717, 1.165) is 0 Å². The number of piperidine rings is 1. The molecule has 1 spiro atoms. The SMILES string of the molecule is Cc1ncccc1C(=O)N1CCC2(CC1)CN(c1cccc(F)c1)C(=O)CO2. The van der Waals surface area contributed by atoms with Crippen LogP contribution in [0.4, 0.5) is 10.1 Å². The summed E-state index contributed by atoms with van der Waals surface area (Å²) in [5.74, 6) is -0.590. The lowest BCUT2D eigenvalue weighted by Gasteiger charge is -2.47. The van der Waals surface area contributed by atoms with Gasteiger partial charge in [-0.15, -0.1) is 0 Å².